The van der Waals surface area contributed by atoms with Gasteiger partial charge in [0.05, 0.1) is 31.2 Å². The number of ether oxygens (including phenoxy) is 1. The van der Waals surface area contributed by atoms with Crippen LogP contribution in [0.5, 0.6) is 0 Å². The molecule has 0 aliphatic carbocycles. The van der Waals surface area contributed by atoms with Gasteiger partial charge >= 0.3 is 5.97 Å². The number of nitrogens with zero attached hydrogens (tertiary/aromatic N) is 1. The molecule has 1 aromatic carbocycles. The van der Waals surface area contributed by atoms with Crippen molar-refractivity contribution in [2.24, 2.45) is 0 Å². The van der Waals surface area contributed by atoms with Crippen molar-refractivity contribution < 1.29 is 17.9 Å². The number of thioether (sulfide) groups is 1. The molecule has 0 aliphatic heterocycles. The number of methoxy groups -OCH3 is 1. The minimum atomic E-state index is -3.52. The Hall–Kier alpha value is -1.47. The summed E-state index contributed by atoms with van der Waals surface area (Å²) in [5.41, 5.74) is 0.503. The van der Waals surface area contributed by atoms with Gasteiger partial charge < -0.3 is 4.74 Å². The number of esters is 1. The lowest BCUT2D eigenvalue weighted by atomic mass is 10.2. The fourth-order valence-corrected chi connectivity index (χ4v) is 2.98. The van der Waals surface area contributed by atoms with Crippen LogP contribution in [0, 0.1) is 0 Å². The molecule has 0 saturated carbocycles. The molecule has 0 saturated heterocycles. The maximum Gasteiger partial charge on any atom is 0.340 e. The van der Waals surface area contributed by atoms with E-state index in [0.29, 0.717) is 5.69 Å². The topological polar surface area (TPSA) is 63.7 Å². The molecule has 0 radical (unpaired) electrons. The fraction of sp³-hybridized carbons (Fsp3) is 0.308. The van der Waals surface area contributed by atoms with Crippen LogP contribution in [0.2, 0.25) is 0 Å². The fourth-order valence-electron chi connectivity index (χ4n) is 1.66. The van der Waals surface area contributed by atoms with Crippen molar-refractivity contribution in [1.82, 2.24) is 0 Å². The second-order valence-corrected chi connectivity index (χ2v) is 6.74. The van der Waals surface area contributed by atoms with Gasteiger partial charge in [-0.1, -0.05) is 6.08 Å². The standard InChI is InChI=1S/C13H17NO4S2/c1-5-8-14(20(4,16)17)12-9-10(19-3)6-7-11(12)13(15)18-2/h5-7,9H,1,8H2,2-4H3. The second-order valence-electron chi connectivity index (χ2n) is 3.96. The Morgan fingerprint density at radius 1 is 1.50 bits per heavy atom. The molecule has 0 atom stereocenters. The molecule has 20 heavy (non-hydrogen) atoms. The van der Waals surface area contributed by atoms with E-state index in [2.05, 4.69) is 6.58 Å². The van der Waals surface area contributed by atoms with E-state index in [-0.39, 0.29) is 12.1 Å². The van der Waals surface area contributed by atoms with E-state index in [1.165, 1.54) is 24.9 Å². The third kappa shape index (κ3) is 3.77. The quantitative estimate of drug-likeness (QED) is 0.457. The van der Waals surface area contributed by atoms with Gasteiger partial charge in [-0.25, -0.2) is 13.2 Å². The molecule has 0 amide bonds. The molecule has 0 bridgehead atoms. The molecule has 7 heteroatoms. The van der Waals surface area contributed by atoms with Gasteiger partial charge in [0.25, 0.3) is 0 Å². The van der Waals surface area contributed by atoms with Crippen LogP contribution in [0.3, 0.4) is 0 Å². The number of carbonyl (C=O) groups is 1. The highest BCUT2D eigenvalue weighted by Crippen LogP contribution is 2.29. The molecule has 0 N–H and O–H groups in total. The van der Waals surface area contributed by atoms with E-state index < -0.39 is 16.0 Å². The van der Waals surface area contributed by atoms with Crippen molar-refractivity contribution in [3.63, 3.8) is 0 Å². The first kappa shape index (κ1) is 16.6. The van der Waals surface area contributed by atoms with E-state index >= 15 is 0 Å². The number of rotatable bonds is 6. The lowest BCUT2D eigenvalue weighted by Crippen LogP contribution is -2.31. The molecule has 110 valence electrons. The zero-order chi connectivity index (χ0) is 15.3. The normalized spacial score (nSPS) is 10.9. The van der Waals surface area contributed by atoms with E-state index in [0.717, 1.165) is 15.5 Å². The van der Waals surface area contributed by atoms with Gasteiger partial charge in [0.15, 0.2) is 0 Å². The van der Waals surface area contributed by atoms with E-state index in [9.17, 15) is 13.2 Å². The molecule has 0 spiro atoms. The average Bonchev–Trinajstić information content (AvgIpc) is 2.42. The van der Waals surface area contributed by atoms with Gasteiger partial charge in [-0.2, -0.15) is 0 Å². The minimum Gasteiger partial charge on any atom is -0.465 e. The number of anilines is 1. The third-order valence-electron chi connectivity index (χ3n) is 2.57. The van der Waals surface area contributed by atoms with Gasteiger partial charge in [-0.3, -0.25) is 4.31 Å². The summed E-state index contributed by atoms with van der Waals surface area (Å²) in [6.07, 6.45) is 4.42. The molecule has 0 heterocycles. The van der Waals surface area contributed by atoms with Crippen LogP contribution < -0.4 is 4.31 Å². The summed E-state index contributed by atoms with van der Waals surface area (Å²) >= 11 is 1.46. The Labute approximate surface area is 123 Å². The first-order valence-corrected chi connectivity index (χ1v) is 8.77. The number of sulfonamides is 1. The van der Waals surface area contributed by atoms with Crippen molar-refractivity contribution in [1.29, 1.82) is 0 Å². The van der Waals surface area contributed by atoms with Crippen molar-refractivity contribution in [3.8, 4) is 0 Å². The zero-order valence-corrected chi connectivity index (χ0v) is 13.3. The van der Waals surface area contributed by atoms with Crippen molar-refractivity contribution in [2.75, 3.05) is 30.5 Å². The summed E-state index contributed by atoms with van der Waals surface area (Å²) in [5, 5.41) is 0. The maximum absolute atomic E-state index is 11.9. The smallest absolute Gasteiger partial charge is 0.340 e. The van der Waals surface area contributed by atoms with Crippen LogP contribution >= 0.6 is 11.8 Å². The molecule has 1 rings (SSSR count). The van der Waals surface area contributed by atoms with Crippen LogP contribution in [0.1, 0.15) is 10.4 Å². The molecular formula is C13H17NO4S2. The van der Waals surface area contributed by atoms with Crippen LogP contribution in [0.15, 0.2) is 35.7 Å². The summed E-state index contributed by atoms with van der Waals surface area (Å²) in [5.74, 6) is -0.578. The number of carbonyl (C=O) groups excluding carboxylic acids is 1. The number of hydrogen-bond donors (Lipinski definition) is 0. The lowest BCUT2D eigenvalue weighted by Gasteiger charge is -2.23. The Bertz CT molecular complexity index is 611. The Morgan fingerprint density at radius 2 is 2.15 bits per heavy atom. The largest absolute Gasteiger partial charge is 0.465 e. The number of benzene rings is 1. The first-order valence-electron chi connectivity index (χ1n) is 5.70. The maximum atomic E-state index is 11.9. The van der Waals surface area contributed by atoms with Gasteiger partial charge in [0.2, 0.25) is 10.0 Å². The third-order valence-corrected chi connectivity index (χ3v) is 4.45. The predicted molar refractivity (Wildman–Crippen MR) is 81.9 cm³/mol. The van der Waals surface area contributed by atoms with E-state index in [1.54, 1.807) is 18.2 Å². The first-order chi connectivity index (χ1) is 9.35. The molecule has 0 aliphatic rings. The highest BCUT2D eigenvalue weighted by molar-refractivity contribution is 7.98. The average molecular weight is 315 g/mol. The zero-order valence-electron chi connectivity index (χ0n) is 11.6. The highest BCUT2D eigenvalue weighted by Gasteiger charge is 2.23. The molecule has 1 aromatic rings. The van der Waals surface area contributed by atoms with Crippen LogP contribution in [-0.2, 0) is 14.8 Å². The van der Waals surface area contributed by atoms with Gasteiger partial charge in [-0.05, 0) is 24.5 Å². The molecular weight excluding hydrogens is 298 g/mol. The van der Waals surface area contributed by atoms with Gasteiger partial charge in [-0.15, -0.1) is 18.3 Å². The molecule has 0 aromatic heterocycles. The summed E-state index contributed by atoms with van der Waals surface area (Å²) in [4.78, 5) is 12.6. The summed E-state index contributed by atoms with van der Waals surface area (Å²) < 4.78 is 29.6. The van der Waals surface area contributed by atoms with Crippen molar-refractivity contribution >= 4 is 33.4 Å². The molecule has 0 fully saturated rings. The van der Waals surface area contributed by atoms with Crippen LogP contribution in [0.25, 0.3) is 0 Å². The van der Waals surface area contributed by atoms with Crippen LogP contribution in [-0.4, -0.2) is 40.6 Å². The summed E-state index contributed by atoms with van der Waals surface area (Å²) in [7, 11) is -2.27. The van der Waals surface area contributed by atoms with E-state index in [4.69, 9.17) is 4.74 Å². The van der Waals surface area contributed by atoms with Crippen molar-refractivity contribution in [2.45, 2.75) is 4.90 Å². The minimum absolute atomic E-state index is 0.0840. The number of hydrogen-bond acceptors (Lipinski definition) is 5. The monoisotopic (exact) mass is 315 g/mol. The predicted octanol–water partition coefficient (Wildman–Crippen LogP) is 2.15. The Balaban J connectivity index is 3.51. The summed E-state index contributed by atoms with van der Waals surface area (Å²) in [6.45, 7) is 3.63. The molecule has 0 unspecified atom stereocenters. The molecule has 5 nitrogen and oxygen atoms in total. The highest BCUT2D eigenvalue weighted by atomic mass is 32.2. The SMILES string of the molecule is C=CCN(c1cc(SC)ccc1C(=O)OC)S(C)(=O)=O. The van der Waals surface area contributed by atoms with Crippen LogP contribution in [0.4, 0.5) is 5.69 Å². The Kier molecular flexibility index (Phi) is 5.64. The summed E-state index contributed by atoms with van der Waals surface area (Å²) in [6, 6.07) is 4.96. The van der Waals surface area contributed by atoms with E-state index in [1.807, 2.05) is 6.26 Å². The van der Waals surface area contributed by atoms with Gasteiger partial charge in [0.1, 0.15) is 0 Å². The Morgan fingerprint density at radius 3 is 2.60 bits per heavy atom. The lowest BCUT2D eigenvalue weighted by molar-refractivity contribution is 0.0601. The van der Waals surface area contributed by atoms with Crippen molar-refractivity contribution in [3.05, 3.63) is 36.4 Å². The van der Waals surface area contributed by atoms with Gasteiger partial charge in [0, 0.05) is 4.90 Å². The second kappa shape index (κ2) is 6.81.